The first-order valence-electron chi connectivity index (χ1n) is 6.19. The first-order valence-corrected chi connectivity index (χ1v) is 6.82. The van der Waals surface area contributed by atoms with E-state index in [0.29, 0.717) is 11.5 Å². The van der Waals surface area contributed by atoms with Crippen LogP contribution in [0.25, 0.3) is 0 Å². The Balaban J connectivity index is 1.88. The fourth-order valence-electron chi connectivity index (χ4n) is 3.00. The maximum absolute atomic E-state index is 5.58. The van der Waals surface area contributed by atoms with E-state index in [1.54, 1.807) is 0 Å². The van der Waals surface area contributed by atoms with E-state index in [1.807, 2.05) is 0 Å². The van der Waals surface area contributed by atoms with Gasteiger partial charge in [-0.3, -0.25) is 4.90 Å². The predicted octanol–water partition coefficient (Wildman–Crippen LogP) is 2.20. The van der Waals surface area contributed by atoms with Gasteiger partial charge in [0.25, 0.3) is 0 Å². The molecular formula is C12H23NOS. The highest BCUT2D eigenvalue weighted by molar-refractivity contribution is 7.80. The molecule has 1 aliphatic carbocycles. The molecule has 15 heavy (non-hydrogen) atoms. The van der Waals surface area contributed by atoms with Crippen molar-refractivity contribution in [3.05, 3.63) is 0 Å². The molecule has 3 heteroatoms. The average Bonchev–Trinajstić information content (AvgIpc) is 2.67. The van der Waals surface area contributed by atoms with Crippen molar-refractivity contribution in [3.63, 3.8) is 0 Å². The molecule has 1 saturated heterocycles. The number of hydrogen-bond acceptors (Lipinski definition) is 3. The molecule has 1 aliphatic heterocycles. The lowest BCUT2D eigenvalue weighted by atomic mass is 9.87. The second-order valence-electron chi connectivity index (χ2n) is 5.28. The summed E-state index contributed by atoms with van der Waals surface area (Å²) < 4.78 is 5.58. The van der Waals surface area contributed by atoms with Gasteiger partial charge in [-0.15, -0.1) is 0 Å². The molecule has 1 atom stereocenters. The van der Waals surface area contributed by atoms with Gasteiger partial charge in [0, 0.05) is 19.6 Å². The Labute approximate surface area is 98.8 Å². The molecule has 0 bridgehead atoms. The van der Waals surface area contributed by atoms with Crippen LogP contribution in [0.15, 0.2) is 0 Å². The summed E-state index contributed by atoms with van der Waals surface area (Å²) in [5.74, 6) is 1.05. The lowest BCUT2D eigenvalue weighted by Crippen LogP contribution is -2.46. The van der Waals surface area contributed by atoms with E-state index in [0.717, 1.165) is 25.4 Å². The van der Waals surface area contributed by atoms with E-state index in [1.165, 1.54) is 32.2 Å². The van der Waals surface area contributed by atoms with Gasteiger partial charge in [0.05, 0.1) is 12.7 Å². The van der Waals surface area contributed by atoms with Crippen LogP contribution in [0.1, 0.15) is 32.6 Å². The van der Waals surface area contributed by atoms with E-state index in [-0.39, 0.29) is 0 Å². The van der Waals surface area contributed by atoms with E-state index < -0.39 is 0 Å². The van der Waals surface area contributed by atoms with Crippen LogP contribution in [0, 0.1) is 5.41 Å². The molecule has 0 aromatic heterocycles. The topological polar surface area (TPSA) is 12.5 Å². The lowest BCUT2D eigenvalue weighted by molar-refractivity contribution is -0.0297. The quantitative estimate of drug-likeness (QED) is 0.745. The Morgan fingerprint density at radius 1 is 1.40 bits per heavy atom. The highest BCUT2D eigenvalue weighted by Gasteiger charge is 2.35. The van der Waals surface area contributed by atoms with Gasteiger partial charge in [-0.25, -0.2) is 0 Å². The normalized spacial score (nSPS) is 32.0. The maximum Gasteiger partial charge on any atom is 0.0674 e. The number of hydrogen-bond donors (Lipinski definition) is 1. The predicted molar refractivity (Wildman–Crippen MR) is 66.6 cm³/mol. The molecule has 1 saturated carbocycles. The van der Waals surface area contributed by atoms with Crippen molar-refractivity contribution in [1.29, 1.82) is 0 Å². The van der Waals surface area contributed by atoms with Gasteiger partial charge in [0.1, 0.15) is 0 Å². The monoisotopic (exact) mass is 229 g/mol. The van der Waals surface area contributed by atoms with Gasteiger partial charge < -0.3 is 4.74 Å². The number of rotatable bonds is 3. The summed E-state index contributed by atoms with van der Waals surface area (Å²) in [6.45, 7) is 6.54. The van der Waals surface area contributed by atoms with Gasteiger partial charge in [-0.2, -0.15) is 12.6 Å². The van der Waals surface area contributed by atoms with Gasteiger partial charge in [0.15, 0.2) is 0 Å². The Morgan fingerprint density at radius 2 is 2.13 bits per heavy atom. The van der Waals surface area contributed by atoms with Crippen LogP contribution < -0.4 is 0 Å². The molecule has 0 aromatic rings. The van der Waals surface area contributed by atoms with Gasteiger partial charge in [-0.05, 0) is 30.9 Å². The molecule has 1 heterocycles. The van der Waals surface area contributed by atoms with Crippen molar-refractivity contribution >= 4 is 12.6 Å². The van der Waals surface area contributed by atoms with Gasteiger partial charge >= 0.3 is 0 Å². The summed E-state index contributed by atoms with van der Waals surface area (Å²) >= 11 is 4.57. The molecule has 0 amide bonds. The number of thiol groups is 1. The molecule has 2 rings (SSSR count). The summed E-state index contributed by atoms with van der Waals surface area (Å²) in [6.07, 6.45) is 5.97. The summed E-state index contributed by atoms with van der Waals surface area (Å²) in [4.78, 5) is 2.58. The first-order chi connectivity index (χ1) is 7.24. The summed E-state index contributed by atoms with van der Waals surface area (Å²) in [5, 5.41) is 0. The van der Waals surface area contributed by atoms with Crippen LogP contribution in [0.2, 0.25) is 0 Å². The SMILES string of the molecule is CC1CN(CC2(CS)CCCC2)CCO1. The van der Waals surface area contributed by atoms with E-state index in [9.17, 15) is 0 Å². The Bertz CT molecular complexity index is 204. The van der Waals surface area contributed by atoms with Crippen molar-refractivity contribution in [2.75, 3.05) is 32.0 Å². The van der Waals surface area contributed by atoms with Crippen LogP contribution in [0.3, 0.4) is 0 Å². The highest BCUT2D eigenvalue weighted by Crippen LogP contribution is 2.39. The zero-order valence-corrected chi connectivity index (χ0v) is 10.6. The Kier molecular flexibility index (Phi) is 3.97. The van der Waals surface area contributed by atoms with E-state index in [2.05, 4.69) is 24.5 Å². The van der Waals surface area contributed by atoms with Crippen LogP contribution >= 0.6 is 12.6 Å². The third-order valence-corrected chi connectivity index (χ3v) is 4.55. The number of morpholine rings is 1. The third kappa shape index (κ3) is 2.89. The zero-order chi connectivity index (χ0) is 10.7. The minimum absolute atomic E-state index is 0.414. The van der Waals surface area contributed by atoms with Crippen LogP contribution in [-0.4, -0.2) is 43.0 Å². The Morgan fingerprint density at radius 3 is 2.73 bits per heavy atom. The molecule has 0 aromatic carbocycles. The second kappa shape index (κ2) is 5.07. The molecule has 1 unspecified atom stereocenters. The largest absolute Gasteiger partial charge is 0.376 e. The van der Waals surface area contributed by atoms with Gasteiger partial charge in [-0.1, -0.05) is 12.8 Å². The fourth-order valence-corrected chi connectivity index (χ4v) is 3.42. The van der Waals surface area contributed by atoms with Crippen molar-refractivity contribution in [1.82, 2.24) is 4.90 Å². The minimum Gasteiger partial charge on any atom is -0.376 e. The molecule has 0 N–H and O–H groups in total. The molecule has 0 radical (unpaired) electrons. The minimum atomic E-state index is 0.414. The molecule has 2 nitrogen and oxygen atoms in total. The van der Waals surface area contributed by atoms with Crippen LogP contribution in [0.5, 0.6) is 0 Å². The molecule has 88 valence electrons. The van der Waals surface area contributed by atoms with E-state index in [4.69, 9.17) is 4.74 Å². The lowest BCUT2D eigenvalue weighted by Gasteiger charge is -2.38. The van der Waals surface area contributed by atoms with Crippen molar-refractivity contribution < 1.29 is 4.74 Å². The zero-order valence-electron chi connectivity index (χ0n) is 9.74. The molecular weight excluding hydrogens is 206 g/mol. The molecule has 0 spiro atoms. The summed E-state index contributed by atoms with van der Waals surface area (Å²) in [7, 11) is 0. The third-order valence-electron chi connectivity index (χ3n) is 3.88. The van der Waals surface area contributed by atoms with Gasteiger partial charge in [0.2, 0.25) is 0 Å². The second-order valence-corrected chi connectivity index (χ2v) is 5.60. The van der Waals surface area contributed by atoms with E-state index >= 15 is 0 Å². The Hall–Kier alpha value is 0.270. The number of ether oxygens (including phenoxy) is 1. The van der Waals surface area contributed by atoms with Crippen molar-refractivity contribution in [2.24, 2.45) is 5.41 Å². The van der Waals surface area contributed by atoms with Crippen molar-refractivity contribution in [3.8, 4) is 0 Å². The standard InChI is InChI=1S/C12H23NOS/c1-11-8-13(6-7-14-11)9-12(10-15)4-2-3-5-12/h11,15H,2-10H2,1H3. The highest BCUT2D eigenvalue weighted by atomic mass is 32.1. The average molecular weight is 229 g/mol. The summed E-state index contributed by atoms with van der Waals surface area (Å²) in [6, 6.07) is 0. The van der Waals surface area contributed by atoms with Crippen LogP contribution in [-0.2, 0) is 4.74 Å². The number of nitrogens with zero attached hydrogens (tertiary/aromatic N) is 1. The molecule has 2 fully saturated rings. The summed E-state index contributed by atoms with van der Waals surface area (Å²) in [5.41, 5.74) is 0.514. The fraction of sp³-hybridized carbons (Fsp3) is 1.00. The smallest absolute Gasteiger partial charge is 0.0674 e. The first kappa shape index (κ1) is 11.7. The van der Waals surface area contributed by atoms with Crippen LogP contribution in [0.4, 0.5) is 0 Å². The molecule has 2 aliphatic rings. The van der Waals surface area contributed by atoms with Crippen molar-refractivity contribution in [2.45, 2.75) is 38.7 Å². The maximum atomic E-state index is 5.58.